The summed E-state index contributed by atoms with van der Waals surface area (Å²) in [5.41, 5.74) is 0.979. The van der Waals surface area contributed by atoms with Gasteiger partial charge in [-0.25, -0.2) is 13.4 Å². The van der Waals surface area contributed by atoms with Crippen molar-refractivity contribution in [3.63, 3.8) is 0 Å². The molecule has 0 fully saturated rings. The largest absolute Gasteiger partial charge is 0.264 e. The van der Waals surface area contributed by atoms with Crippen molar-refractivity contribution in [3.05, 3.63) is 34.1 Å². The van der Waals surface area contributed by atoms with Crippen molar-refractivity contribution in [1.82, 2.24) is 9.36 Å². The Kier molecular flexibility index (Phi) is 3.69. The van der Waals surface area contributed by atoms with Crippen molar-refractivity contribution in [2.75, 3.05) is 4.72 Å². The predicted molar refractivity (Wildman–Crippen MR) is 74.3 cm³/mol. The standard InChI is InChI=1S/C10H10BrN3O2S2/c1-6-3-4-9(8(11)5-6)18(15,16)14-10-12-7(2)13-17-10/h3-5H,1-2H3,(H,12,13,14). The van der Waals surface area contributed by atoms with Crippen LogP contribution in [0.15, 0.2) is 27.6 Å². The molecule has 0 aliphatic heterocycles. The lowest BCUT2D eigenvalue weighted by Gasteiger charge is -2.07. The normalized spacial score (nSPS) is 11.5. The molecule has 0 atom stereocenters. The number of halogens is 1. The van der Waals surface area contributed by atoms with E-state index in [9.17, 15) is 8.42 Å². The van der Waals surface area contributed by atoms with Gasteiger partial charge in [0.1, 0.15) is 10.7 Å². The summed E-state index contributed by atoms with van der Waals surface area (Å²) >= 11 is 4.26. The van der Waals surface area contributed by atoms with Gasteiger partial charge in [0, 0.05) is 16.0 Å². The molecule has 0 saturated heterocycles. The SMILES string of the molecule is Cc1ccc(S(=O)(=O)Nc2nc(C)ns2)c(Br)c1. The first-order chi connectivity index (χ1) is 8.38. The fourth-order valence-corrected chi connectivity index (χ4v) is 4.32. The highest BCUT2D eigenvalue weighted by Gasteiger charge is 2.19. The molecule has 1 aromatic carbocycles. The number of nitrogens with one attached hydrogen (secondary N) is 1. The van der Waals surface area contributed by atoms with Crippen LogP contribution in [0.1, 0.15) is 11.4 Å². The van der Waals surface area contributed by atoms with E-state index in [1.807, 2.05) is 6.92 Å². The zero-order valence-electron chi connectivity index (χ0n) is 9.64. The van der Waals surface area contributed by atoms with Gasteiger partial charge < -0.3 is 0 Å². The minimum Gasteiger partial charge on any atom is -0.253 e. The molecular weight excluding hydrogens is 338 g/mol. The summed E-state index contributed by atoms with van der Waals surface area (Å²) < 4.78 is 31.1. The molecule has 1 heterocycles. The number of benzene rings is 1. The molecule has 0 bridgehead atoms. The van der Waals surface area contributed by atoms with Gasteiger partial charge in [0.25, 0.3) is 10.0 Å². The van der Waals surface area contributed by atoms with Crippen LogP contribution in [0.25, 0.3) is 0 Å². The second-order valence-electron chi connectivity index (χ2n) is 3.69. The lowest BCUT2D eigenvalue weighted by Crippen LogP contribution is -2.13. The van der Waals surface area contributed by atoms with E-state index in [1.165, 1.54) is 0 Å². The van der Waals surface area contributed by atoms with E-state index in [0.717, 1.165) is 17.1 Å². The van der Waals surface area contributed by atoms with Crippen LogP contribution in [0.3, 0.4) is 0 Å². The molecule has 18 heavy (non-hydrogen) atoms. The summed E-state index contributed by atoms with van der Waals surface area (Å²) in [5.74, 6) is 0.542. The fourth-order valence-electron chi connectivity index (χ4n) is 1.33. The Balaban J connectivity index is 2.36. The zero-order chi connectivity index (χ0) is 13.3. The van der Waals surface area contributed by atoms with Crippen molar-refractivity contribution < 1.29 is 8.42 Å². The summed E-state index contributed by atoms with van der Waals surface area (Å²) in [5, 5.41) is 0.264. The van der Waals surface area contributed by atoms with Crippen molar-refractivity contribution in [1.29, 1.82) is 0 Å². The summed E-state index contributed by atoms with van der Waals surface area (Å²) in [6, 6.07) is 5.04. The second-order valence-corrected chi connectivity index (χ2v) is 6.94. The summed E-state index contributed by atoms with van der Waals surface area (Å²) in [6.45, 7) is 3.60. The molecule has 2 aromatic rings. The van der Waals surface area contributed by atoms with E-state index in [-0.39, 0.29) is 10.0 Å². The van der Waals surface area contributed by atoms with E-state index in [2.05, 4.69) is 30.0 Å². The molecule has 96 valence electrons. The zero-order valence-corrected chi connectivity index (χ0v) is 12.9. The van der Waals surface area contributed by atoms with Crippen LogP contribution in [-0.4, -0.2) is 17.8 Å². The third kappa shape index (κ3) is 2.88. The van der Waals surface area contributed by atoms with Gasteiger partial charge in [0.05, 0.1) is 0 Å². The molecule has 0 saturated carbocycles. The van der Waals surface area contributed by atoms with E-state index in [4.69, 9.17) is 0 Å². The molecule has 0 aliphatic rings. The van der Waals surface area contributed by atoms with E-state index < -0.39 is 10.0 Å². The Bertz CT molecular complexity index is 682. The molecule has 1 aromatic heterocycles. The number of anilines is 1. The Hall–Kier alpha value is -0.990. The minimum absolute atomic E-state index is 0.181. The molecule has 8 heteroatoms. The van der Waals surface area contributed by atoms with Crippen LogP contribution >= 0.6 is 27.5 Å². The van der Waals surface area contributed by atoms with Crippen molar-refractivity contribution in [2.24, 2.45) is 0 Å². The highest BCUT2D eigenvalue weighted by molar-refractivity contribution is 9.10. The third-order valence-electron chi connectivity index (χ3n) is 2.13. The minimum atomic E-state index is -3.64. The van der Waals surface area contributed by atoms with Gasteiger partial charge in [-0.05, 0) is 47.5 Å². The van der Waals surface area contributed by atoms with Crippen LogP contribution in [0.2, 0.25) is 0 Å². The molecule has 2 rings (SSSR count). The van der Waals surface area contributed by atoms with Gasteiger partial charge in [-0.3, -0.25) is 4.72 Å². The highest BCUT2D eigenvalue weighted by Crippen LogP contribution is 2.25. The first-order valence-electron chi connectivity index (χ1n) is 4.98. The van der Waals surface area contributed by atoms with Crippen LogP contribution in [-0.2, 0) is 10.0 Å². The number of nitrogens with zero attached hydrogens (tertiary/aromatic N) is 2. The van der Waals surface area contributed by atoms with Crippen molar-refractivity contribution >= 4 is 42.6 Å². The third-order valence-corrected chi connectivity index (χ3v) is 5.29. The maximum absolute atomic E-state index is 12.1. The number of rotatable bonds is 3. The maximum atomic E-state index is 12.1. The monoisotopic (exact) mass is 347 g/mol. The van der Waals surface area contributed by atoms with Crippen LogP contribution in [0.5, 0.6) is 0 Å². The number of aromatic nitrogens is 2. The van der Waals surface area contributed by atoms with E-state index in [1.54, 1.807) is 25.1 Å². The van der Waals surface area contributed by atoms with Crippen molar-refractivity contribution in [3.8, 4) is 0 Å². The molecule has 1 N–H and O–H groups in total. The number of aryl methyl sites for hydroxylation is 2. The van der Waals surface area contributed by atoms with Gasteiger partial charge in [0.2, 0.25) is 5.13 Å². The van der Waals surface area contributed by atoms with E-state index in [0.29, 0.717) is 10.3 Å². The molecule has 0 aliphatic carbocycles. The first kappa shape index (κ1) is 13.4. The highest BCUT2D eigenvalue weighted by atomic mass is 79.9. The van der Waals surface area contributed by atoms with Crippen LogP contribution in [0, 0.1) is 13.8 Å². The van der Waals surface area contributed by atoms with Gasteiger partial charge in [-0.15, -0.1) is 0 Å². The first-order valence-corrected chi connectivity index (χ1v) is 8.03. The van der Waals surface area contributed by atoms with Gasteiger partial charge in [-0.1, -0.05) is 6.07 Å². The lowest BCUT2D eigenvalue weighted by molar-refractivity contribution is 0.600. The molecule has 0 unspecified atom stereocenters. The quantitative estimate of drug-likeness (QED) is 0.926. The predicted octanol–water partition coefficient (Wildman–Crippen LogP) is 2.72. The Labute approximate surface area is 118 Å². The molecule has 0 radical (unpaired) electrons. The molecule has 5 nitrogen and oxygen atoms in total. The average molecular weight is 348 g/mol. The number of hydrogen-bond acceptors (Lipinski definition) is 5. The second kappa shape index (κ2) is 4.94. The Morgan fingerprint density at radius 1 is 1.33 bits per heavy atom. The maximum Gasteiger partial charge on any atom is 0.264 e. The molecule has 0 spiro atoms. The van der Waals surface area contributed by atoms with Gasteiger partial charge in [-0.2, -0.15) is 4.37 Å². The summed E-state index contributed by atoms with van der Waals surface area (Å²) in [6.07, 6.45) is 0. The lowest BCUT2D eigenvalue weighted by atomic mass is 10.2. The Morgan fingerprint density at radius 2 is 2.06 bits per heavy atom. The molecular formula is C10H10BrN3O2S2. The Morgan fingerprint density at radius 3 is 2.61 bits per heavy atom. The van der Waals surface area contributed by atoms with Crippen LogP contribution < -0.4 is 4.72 Å². The topological polar surface area (TPSA) is 72.0 Å². The van der Waals surface area contributed by atoms with Crippen molar-refractivity contribution in [2.45, 2.75) is 18.7 Å². The number of sulfonamides is 1. The van der Waals surface area contributed by atoms with E-state index >= 15 is 0 Å². The van der Waals surface area contributed by atoms with Gasteiger partial charge >= 0.3 is 0 Å². The average Bonchev–Trinajstić information content (AvgIpc) is 2.62. The smallest absolute Gasteiger partial charge is 0.253 e. The summed E-state index contributed by atoms with van der Waals surface area (Å²) in [7, 11) is -3.64. The van der Waals surface area contributed by atoms with Crippen LogP contribution in [0.4, 0.5) is 5.13 Å². The fraction of sp³-hybridized carbons (Fsp3) is 0.200. The van der Waals surface area contributed by atoms with Gasteiger partial charge in [0.15, 0.2) is 0 Å². The molecule has 0 amide bonds. The summed E-state index contributed by atoms with van der Waals surface area (Å²) in [4.78, 5) is 4.15. The number of hydrogen-bond donors (Lipinski definition) is 1.